The third kappa shape index (κ3) is 3.59. The first-order valence-corrected chi connectivity index (χ1v) is 7.07. The maximum Gasteiger partial charge on any atom is 0.306 e. The Kier molecular flexibility index (Phi) is 4.42. The van der Waals surface area contributed by atoms with Gasteiger partial charge in [0.15, 0.2) is 0 Å². The van der Waals surface area contributed by atoms with Gasteiger partial charge in [-0.2, -0.15) is 0 Å². The monoisotopic (exact) mass is 275 g/mol. The fourth-order valence-corrected chi connectivity index (χ4v) is 2.89. The van der Waals surface area contributed by atoms with Crippen LogP contribution < -0.4 is 5.32 Å². The van der Waals surface area contributed by atoms with Gasteiger partial charge in [0.1, 0.15) is 0 Å². The Hall–Kier alpha value is -1.84. The van der Waals surface area contributed by atoms with Gasteiger partial charge in [0.05, 0.1) is 5.92 Å². The number of hydrogen-bond donors (Lipinski definition) is 2. The number of aliphatic carboxylic acids is 1. The second-order valence-corrected chi connectivity index (χ2v) is 5.75. The standard InChI is InChI=1S/C16H21NO3/c1-10-7-11(2)9-14(8-10)17-15(18)12-3-5-13(6-4-12)16(19)20/h7-9,12-13H,3-6H2,1-2H3,(H,17,18)(H,19,20). The lowest BCUT2D eigenvalue weighted by atomic mass is 9.81. The number of rotatable bonds is 3. The minimum absolute atomic E-state index is 0.0128. The molecule has 1 aliphatic carbocycles. The van der Waals surface area contributed by atoms with Gasteiger partial charge in [-0.3, -0.25) is 9.59 Å². The van der Waals surface area contributed by atoms with Crippen molar-refractivity contribution in [2.45, 2.75) is 39.5 Å². The third-order valence-corrected chi connectivity index (χ3v) is 3.94. The highest BCUT2D eigenvalue weighted by Gasteiger charge is 2.29. The SMILES string of the molecule is Cc1cc(C)cc(NC(=O)C2CCC(C(=O)O)CC2)c1. The molecule has 1 aromatic carbocycles. The maximum absolute atomic E-state index is 12.2. The number of carbonyl (C=O) groups excluding carboxylic acids is 1. The Morgan fingerprint density at radius 3 is 2.00 bits per heavy atom. The van der Waals surface area contributed by atoms with Crippen LogP contribution in [0, 0.1) is 25.7 Å². The lowest BCUT2D eigenvalue weighted by molar-refractivity contribution is -0.143. The van der Waals surface area contributed by atoms with Crippen molar-refractivity contribution in [2.75, 3.05) is 5.32 Å². The molecule has 1 aromatic rings. The number of aryl methyl sites for hydroxylation is 2. The van der Waals surface area contributed by atoms with Crippen LogP contribution in [0.3, 0.4) is 0 Å². The molecule has 0 saturated heterocycles. The number of carboxylic acid groups (broad SMARTS) is 1. The van der Waals surface area contributed by atoms with E-state index in [9.17, 15) is 9.59 Å². The van der Waals surface area contributed by atoms with E-state index in [0.717, 1.165) is 16.8 Å². The quantitative estimate of drug-likeness (QED) is 0.890. The van der Waals surface area contributed by atoms with Gasteiger partial charge in [-0.1, -0.05) is 6.07 Å². The average molecular weight is 275 g/mol. The largest absolute Gasteiger partial charge is 0.481 e. The molecule has 2 N–H and O–H groups in total. The lowest BCUT2D eigenvalue weighted by Gasteiger charge is -2.25. The number of benzene rings is 1. The normalized spacial score (nSPS) is 22.3. The van der Waals surface area contributed by atoms with Crippen LogP contribution in [0.25, 0.3) is 0 Å². The van der Waals surface area contributed by atoms with E-state index in [0.29, 0.717) is 25.7 Å². The van der Waals surface area contributed by atoms with E-state index in [-0.39, 0.29) is 17.7 Å². The molecule has 0 aliphatic heterocycles. The molecule has 4 nitrogen and oxygen atoms in total. The fraction of sp³-hybridized carbons (Fsp3) is 0.500. The second-order valence-electron chi connectivity index (χ2n) is 5.75. The second kappa shape index (κ2) is 6.07. The van der Waals surface area contributed by atoms with Gasteiger partial charge in [0, 0.05) is 11.6 Å². The number of carbonyl (C=O) groups is 2. The Balaban J connectivity index is 1.94. The summed E-state index contributed by atoms with van der Waals surface area (Å²) < 4.78 is 0. The van der Waals surface area contributed by atoms with Crippen molar-refractivity contribution in [1.29, 1.82) is 0 Å². The molecule has 0 heterocycles. The Morgan fingerprint density at radius 1 is 1.00 bits per heavy atom. The molecule has 0 radical (unpaired) electrons. The summed E-state index contributed by atoms with van der Waals surface area (Å²) in [5.74, 6) is -1.07. The van der Waals surface area contributed by atoms with Crippen molar-refractivity contribution in [3.63, 3.8) is 0 Å². The Bertz CT molecular complexity index is 496. The van der Waals surface area contributed by atoms with Crippen molar-refractivity contribution in [3.8, 4) is 0 Å². The van der Waals surface area contributed by atoms with Crippen molar-refractivity contribution in [1.82, 2.24) is 0 Å². The van der Waals surface area contributed by atoms with E-state index in [4.69, 9.17) is 5.11 Å². The van der Waals surface area contributed by atoms with Crippen LogP contribution in [0.15, 0.2) is 18.2 Å². The summed E-state index contributed by atoms with van der Waals surface area (Å²) in [6, 6.07) is 5.97. The number of anilines is 1. The highest BCUT2D eigenvalue weighted by atomic mass is 16.4. The molecule has 0 atom stereocenters. The topological polar surface area (TPSA) is 66.4 Å². The summed E-state index contributed by atoms with van der Waals surface area (Å²) in [5.41, 5.74) is 3.07. The van der Waals surface area contributed by atoms with Crippen molar-refractivity contribution >= 4 is 17.6 Å². The van der Waals surface area contributed by atoms with Gasteiger partial charge in [-0.15, -0.1) is 0 Å². The summed E-state index contributed by atoms with van der Waals surface area (Å²) >= 11 is 0. The van der Waals surface area contributed by atoms with Gasteiger partial charge >= 0.3 is 5.97 Å². The molecule has 0 spiro atoms. The molecule has 1 fully saturated rings. The summed E-state index contributed by atoms with van der Waals surface area (Å²) in [6.07, 6.45) is 2.52. The van der Waals surface area contributed by atoms with Gasteiger partial charge in [-0.05, 0) is 62.8 Å². The van der Waals surface area contributed by atoms with Crippen molar-refractivity contribution in [2.24, 2.45) is 11.8 Å². The van der Waals surface area contributed by atoms with Crippen LogP contribution >= 0.6 is 0 Å². The predicted molar refractivity (Wildman–Crippen MR) is 77.6 cm³/mol. The molecule has 0 bridgehead atoms. The summed E-state index contributed by atoms with van der Waals surface area (Å²) in [7, 11) is 0. The van der Waals surface area contributed by atoms with Crippen LogP contribution in [-0.2, 0) is 9.59 Å². The molecule has 1 aliphatic rings. The minimum atomic E-state index is -0.738. The predicted octanol–water partition coefficient (Wildman–Crippen LogP) is 3.13. The third-order valence-electron chi connectivity index (χ3n) is 3.94. The van der Waals surface area contributed by atoms with Crippen LogP contribution in [0.1, 0.15) is 36.8 Å². The zero-order valence-electron chi connectivity index (χ0n) is 12.0. The van der Waals surface area contributed by atoms with Gasteiger partial charge in [0.2, 0.25) is 5.91 Å². The molecule has 1 saturated carbocycles. The van der Waals surface area contributed by atoms with Crippen LogP contribution in [0.4, 0.5) is 5.69 Å². The highest BCUT2D eigenvalue weighted by Crippen LogP contribution is 2.30. The van der Waals surface area contributed by atoms with Crippen LogP contribution in [-0.4, -0.2) is 17.0 Å². The zero-order valence-corrected chi connectivity index (χ0v) is 12.0. The first-order chi connectivity index (χ1) is 9.45. The molecule has 0 unspecified atom stereocenters. The zero-order chi connectivity index (χ0) is 14.7. The molecule has 20 heavy (non-hydrogen) atoms. The van der Waals surface area contributed by atoms with Crippen LogP contribution in [0.5, 0.6) is 0 Å². The Labute approximate surface area is 119 Å². The molecule has 1 amide bonds. The first kappa shape index (κ1) is 14.6. The molecule has 0 aromatic heterocycles. The van der Waals surface area contributed by atoms with E-state index in [2.05, 4.69) is 11.4 Å². The first-order valence-electron chi connectivity index (χ1n) is 7.07. The summed E-state index contributed by atoms with van der Waals surface area (Å²) in [5, 5.41) is 11.9. The molecule has 4 heteroatoms. The van der Waals surface area contributed by atoms with Crippen LogP contribution in [0.2, 0.25) is 0 Å². The van der Waals surface area contributed by atoms with Gasteiger partial charge in [0.25, 0.3) is 0 Å². The number of amides is 1. The van der Waals surface area contributed by atoms with E-state index < -0.39 is 5.97 Å². The number of hydrogen-bond acceptors (Lipinski definition) is 2. The van der Waals surface area contributed by atoms with E-state index in [1.54, 1.807) is 0 Å². The average Bonchev–Trinajstić information content (AvgIpc) is 2.37. The van der Waals surface area contributed by atoms with E-state index in [1.807, 2.05) is 26.0 Å². The molecular formula is C16H21NO3. The summed E-state index contributed by atoms with van der Waals surface area (Å²) in [4.78, 5) is 23.1. The van der Waals surface area contributed by atoms with E-state index >= 15 is 0 Å². The number of carboxylic acids is 1. The van der Waals surface area contributed by atoms with Gasteiger partial charge < -0.3 is 10.4 Å². The molecular weight excluding hydrogens is 254 g/mol. The smallest absolute Gasteiger partial charge is 0.306 e. The van der Waals surface area contributed by atoms with Crippen molar-refractivity contribution < 1.29 is 14.7 Å². The lowest BCUT2D eigenvalue weighted by Crippen LogP contribution is -2.29. The number of nitrogens with one attached hydrogen (secondary N) is 1. The highest BCUT2D eigenvalue weighted by molar-refractivity contribution is 5.92. The summed E-state index contributed by atoms with van der Waals surface area (Å²) in [6.45, 7) is 4.00. The molecule has 108 valence electrons. The van der Waals surface area contributed by atoms with E-state index in [1.165, 1.54) is 0 Å². The Morgan fingerprint density at radius 2 is 1.50 bits per heavy atom. The van der Waals surface area contributed by atoms with Crippen molar-refractivity contribution in [3.05, 3.63) is 29.3 Å². The van der Waals surface area contributed by atoms with Gasteiger partial charge in [-0.25, -0.2) is 0 Å². The minimum Gasteiger partial charge on any atom is -0.481 e. The fourth-order valence-electron chi connectivity index (χ4n) is 2.89. The molecule has 2 rings (SSSR count). The maximum atomic E-state index is 12.2.